The Bertz CT molecular complexity index is 9.61. The van der Waals surface area contributed by atoms with Crippen LogP contribution in [0.15, 0.2) is 0 Å². The number of rotatable bonds is 0. The van der Waals surface area contributed by atoms with Gasteiger partial charge in [-0.05, 0) is 0 Å². The summed E-state index contributed by atoms with van der Waals surface area (Å²) in [5.74, 6) is 0. The van der Waals surface area contributed by atoms with E-state index in [1.54, 1.807) is 0 Å². The van der Waals surface area contributed by atoms with Gasteiger partial charge in [-0.3, -0.25) is 0 Å². The Balaban J connectivity index is 0. The molecule has 0 amide bonds. The van der Waals surface area contributed by atoms with Crippen LogP contribution in [0.25, 0.3) is 0 Å². The summed E-state index contributed by atoms with van der Waals surface area (Å²) in [5.41, 5.74) is 0. The molecule has 0 spiro atoms. The molecule has 0 bridgehead atoms. The van der Waals surface area contributed by atoms with Crippen molar-refractivity contribution in [2.75, 3.05) is 0 Å². The molecule has 0 aromatic heterocycles. The molecule has 0 fully saturated rings. The average molecular weight is 131 g/mol. The second-order valence-electron chi connectivity index (χ2n) is 0. The summed E-state index contributed by atoms with van der Waals surface area (Å²) in [6.07, 6.45) is 0. The predicted molar refractivity (Wildman–Crippen MR) is 32.0 cm³/mol. The second-order valence-corrected chi connectivity index (χ2v) is 0. The van der Waals surface area contributed by atoms with Gasteiger partial charge in [-0.1, -0.05) is 7.43 Å². The van der Waals surface area contributed by atoms with Crippen LogP contribution in [0.4, 0.5) is 0 Å². The van der Waals surface area contributed by atoms with Crippen LogP contribution in [0.1, 0.15) is 7.43 Å². The fraction of sp³-hybridized carbons (Fsp3) is 1.00. The molecule has 0 aromatic rings. The Morgan fingerprint density at radius 1 is 0.800 bits per heavy atom. The molecule has 0 radical (unpaired) electrons. The minimum atomic E-state index is 0. The van der Waals surface area contributed by atoms with E-state index >= 15 is 0 Å². The zero-order valence-electron chi connectivity index (χ0n) is 1.32. The van der Waals surface area contributed by atoms with Gasteiger partial charge in [-0.15, -0.1) is 24.8 Å². The average Bonchev–Trinajstić information content (AvgIpc) is 0. The summed E-state index contributed by atoms with van der Waals surface area (Å²) in [4.78, 5) is 0. The molecule has 5 heavy (non-hydrogen) atoms. The molecule has 0 aromatic carbocycles. The molecular weight excluding hydrogens is 122 g/mol. The Morgan fingerprint density at radius 2 is 0.800 bits per heavy atom. The van der Waals surface area contributed by atoms with E-state index in [1.807, 2.05) is 0 Å². The summed E-state index contributed by atoms with van der Waals surface area (Å²) in [6.45, 7) is 0. The van der Waals surface area contributed by atoms with Gasteiger partial charge in [0, 0.05) is 0 Å². The minimum absolute atomic E-state index is 0. The summed E-state index contributed by atoms with van der Waals surface area (Å²) in [7, 11) is 0. The van der Waals surface area contributed by atoms with Crippen molar-refractivity contribution >= 4 is 54.4 Å². The molecule has 0 heterocycles. The predicted octanol–water partition coefficient (Wildman–Crippen LogP) is 0.00650. The third-order valence-corrected chi connectivity index (χ3v) is 0. The fourth-order valence-electron chi connectivity index (χ4n) is 0. The van der Waals surface area contributed by atoms with Gasteiger partial charge >= 0.3 is 29.6 Å². The molecule has 0 aliphatic carbocycles. The van der Waals surface area contributed by atoms with Crippen LogP contribution in [-0.4, -0.2) is 35.0 Å². The Morgan fingerprint density at radius 3 is 0.800 bits per heavy atom. The zero-order chi connectivity index (χ0) is 0. The van der Waals surface area contributed by atoms with Crippen molar-refractivity contribution in [3.8, 4) is 0 Å². The fourth-order valence-corrected chi connectivity index (χ4v) is 0. The van der Waals surface area contributed by atoms with E-state index < -0.39 is 0 Å². The molecule has 0 saturated heterocycles. The van der Waals surface area contributed by atoms with Gasteiger partial charge < -0.3 is 5.48 Å². The van der Waals surface area contributed by atoms with Gasteiger partial charge in [0.2, 0.25) is 0 Å². The first-order valence-electron chi connectivity index (χ1n) is 0. The van der Waals surface area contributed by atoms with Crippen molar-refractivity contribution < 1.29 is 5.48 Å². The van der Waals surface area contributed by atoms with Gasteiger partial charge in [0.15, 0.2) is 0 Å². The van der Waals surface area contributed by atoms with Gasteiger partial charge in [0.25, 0.3) is 0 Å². The molecule has 1 nitrogen and oxygen atoms in total. The van der Waals surface area contributed by atoms with E-state index in [1.165, 1.54) is 0 Å². The molecule has 0 rings (SSSR count). The Labute approximate surface area is 66.9 Å². The number of hydrogen-bond donors (Lipinski definition) is 0. The van der Waals surface area contributed by atoms with Crippen molar-refractivity contribution in [1.29, 1.82) is 0 Å². The molecule has 0 unspecified atom stereocenters. The molecule has 4 heteroatoms. The van der Waals surface area contributed by atoms with Crippen LogP contribution in [0.2, 0.25) is 0 Å². The second kappa shape index (κ2) is 48.1. The van der Waals surface area contributed by atoms with Crippen LogP contribution in [0.3, 0.4) is 0 Å². The van der Waals surface area contributed by atoms with Crippen molar-refractivity contribution in [2.45, 2.75) is 7.43 Å². The summed E-state index contributed by atoms with van der Waals surface area (Å²) in [6, 6.07) is 0. The van der Waals surface area contributed by atoms with E-state index in [9.17, 15) is 0 Å². The van der Waals surface area contributed by atoms with Crippen LogP contribution < -0.4 is 0 Å². The van der Waals surface area contributed by atoms with Gasteiger partial charge in [0.05, 0.1) is 0 Å². The van der Waals surface area contributed by atoms with Crippen molar-refractivity contribution in [3.63, 3.8) is 0 Å². The van der Waals surface area contributed by atoms with Crippen LogP contribution in [0, 0.1) is 0 Å². The van der Waals surface area contributed by atoms with Crippen LogP contribution >= 0.6 is 24.8 Å². The third kappa shape index (κ3) is 29.3. The number of halogens is 2. The van der Waals surface area contributed by atoms with Gasteiger partial charge in [-0.2, -0.15) is 0 Å². The first-order valence-corrected chi connectivity index (χ1v) is 0. The standard InChI is InChI=1S/CH4.2ClH.Na.H2O.H/h1H4;2*1H;;1H2;. The molecule has 2 N–H and O–H groups in total. The molecule has 34 valence electrons. The summed E-state index contributed by atoms with van der Waals surface area (Å²) in [5, 5.41) is 0. The third-order valence-electron chi connectivity index (χ3n) is 0. The van der Waals surface area contributed by atoms with Crippen molar-refractivity contribution in [2.24, 2.45) is 0 Å². The van der Waals surface area contributed by atoms with E-state index in [0.29, 0.717) is 0 Å². The molecular formula is CH9Cl2NaO. The van der Waals surface area contributed by atoms with Gasteiger partial charge in [-0.25, -0.2) is 0 Å². The molecule has 0 atom stereocenters. The topological polar surface area (TPSA) is 31.5 Å². The summed E-state index contributed by atoms with van der Waals surface area (Å²) < 4.78 is 0. The molecule has 0 aliphatic heterocycles. The quantitative estimate of drug-likeness (QED) is 0.414. The monoisotopic (exact) mass is 130 g/mol. The van der Waals surface area contributed by atoms with E-state index in [2.05, 4.69) is 0 Å². The van der Waals surface area contributed by atoms with E-state index in [-0.39, 0.29) is 67.3 Å². The van der Waals surface area contributed by atoms with E-state index in [0.717, 1.165) is 0 Å². The van der Waals surface area contributed by atoms with Crippen molar-refractivity contribution in [3.05, 3.63) is 0 Å². The zero-order valence-corrected chi connectivity index (χ0v) is 2.95. The molecule has 0 saturated carbocycles. The van der Waals surface area contributed by atoms with Crippen LogP contribution in [-0.2, 0) is 0 Å². The van der Waals surface area contributed by atoms with E-state index in [4.69, 9.17) is 0 Å². The first kappa shape index (κ1) is 84.6. The maximum absolute atomic E-state index is 0. The van der Waals surface area contributed by atoms with Crippen LogP contribution in [0.5, 0.6) is 0 Å². The van der Waals surface area contributed by atoms with Crippen molar-refractivity contribution in [1.82, 2.24) is 0 Å². The number of hydrogen-bond acceptors (Lipinski definition) is 0. The summed E-state index contributed by atoms with van der Waals surface area (Å²) >= 11 is 0. The molecule has 0 aliphatic rings. The Kier molecular flexibility index (Phi) is 815. The SMILES string of the molecule is C.Cl.Cl.O.[NaH]. The normalized spacial score (nSPS) is 0. The Hall–Kier alpha value is 1.54. The maximum atomic E-state index is 0. The first-order chi connectivity index (χ1) is 0. The van der Waals surface area contributed by atoms with Gasteiger partial charge in [0.1, 0.15) is 0 Å².